The number of carbonyl (C=O) groups excluding carboxylic acids is 1. The Kier molecular flexibility index (Phi) is 3.71. The highest BCUT2D eigenvalue weighted by Crippen LogP contribution is 2.01. The molecule has 0 aliphatic rings. The van der Waals surface area contributed by atoms with Crippen LogP contribution in [-0.4, -0.2) is 21.5 Å². The predicted octanol–water partition coefficient (Wildman–Crippen LogP) is 0.626. The SMILES string of the molecule is CC(C)C(C)NC(=O)Cn1ccnc1N. The van der Waals surface area contributed by atoms with Gasteiger partial charge in [0.2, 0.25) is 11.9 Å². The third-order valence-electron chi connectivity index (χ3n) is 2.45. The number of nitrogen functional groups attached to an aromatic ring is 1. The number of nitrogens with zero attached hydrogens (tertiary/aromatic N) is 2. The predicted molar refractivity (Wildman–Crippen MR) is 59.1 cm³/mol. The fourth-order valence-electron chi connectivity index (χ4n) is 1.10. The summed E-state index contributed by atoms with van der Waals surface area (Å²) in [5, 5.41) is 2.90. The van der Waals surface area contributed by atoms with E-state index in [2.05, 4.69) is 24.1 Å². The monoisotopic (exact) mass is 210 g/mol. The quantitative estimate of drug-likeness (QED) is 0.765. The van der Waals surface area contributed by atoms with E-state index in [-0.39, 0.29) is 18.5 Å². The summed E-state index contributed by atoms with van der Waals surface area (Å²) in [4.78, 5) is 15.4. The van der Waals surface area contributed by atoms with E-state index in [0.717, 1.165) is 0 Å². The van der Waals surface area contributed by atoms with E-state index in [1.807, 2.05) is 6.92 Å². The van der Waals surface area contributed by atoms with Crippen LogP contribution in [0.1, 0.15) is 20.8 Å². The Morgan fingerprint density at radius 3 is 2.73 bits per heavy atom. The lowest BCUT2D eigenvalue weighted by atomic mass is 10.1. The van der Waals surface area contributed by atoms with Crippen LogP contribution in [0.3, 0.4) is 0 Å². The van der Waals surface area contributed by atoms with Gasteiger partial charge in [0, 0.05) is 18.4 Å². The van der Waals surface area contributed by atoms with Gasteiger partial charge in [0.1, 0.15) is 6.54 Å². The molecule has 1 unspecified atom stereocenters. The van der Waals surface area contributed by atoms with Crippen LogP contribution in [0.4, 0.5) is 5.95 Å². The summed E-state index contributed by atoms with van der Waals surface area (Å²) in [5.74, 6) is 0.748. The zero-order chi connectivity index (χ0) is 11.4. The molecule has 1 atom stereocenters. The highest BCUT2D eigenvalue weighted by atomic mass is 16.2. The molecule has 0 bridgehead atoms. The Balaban J connectivity index is 2.47. The topological polar surface area (TPSA) is 72.9 Å². The molecular weight excluding hydrogens is 192 g/mol. The van der Waals surface area contributed by atoms with Crippen molar-refractivity contribution in [3.63, 3.8) is 0 Å². The molecule has 3 N–H and O–H groups in total. The molecule has 1 aromatic rings. The molecule has 0 radical (unpaired) electrons. The smallest absolute Gasteiger partial charge is 0.240 e. The molecule has 1 rings (SSSR count). The first-order valence-electron chi connectivity index (χ1n) is 5.06. The van der Waals surface area contributed by atoms with Crippen LogP contribution in [0.25, 0.3) is 0 Å². The number of carbonyl (C=O) groups is 1. The van der Waals surface area contributed by atoms with Gasteiger partial charge >= 0.3 is 0 Å². The van der Waals surface area contributed by atoms with E-state index in [0.29, 0.717) is 11.9 Å². The largest absolute Gasteiger partial charge is 0.369 e. The summed E-state index contributed by atoms with van der Waals surface area (Å²) in [6.45, 7) is 6.34. The minimum Gasteiger partial charge on any atom is -0.369 e. The number of aromatic nitrogens is 2. The maximum Gasteiger partial charge on any atom is 0.240 e. The molecule has 5 heteroatoms. The Morgan fingerprint density at radius 1 is 1.60 bits per heavy atom. The molecule has 0 fully saturated rings. The van der Waals surface area contributed by atoms with E-state index in [9.17, 15) is 4.79 Å². The van der Waals surface area contributed by atoms with Crippen LogP contribution in [0.2, 0.25) is 0 Å². The van der Waals surface area contributed by atoms with Crippen LogP contribution < -0.4 is 11.1 Å². The summed E-state index contributed by atoms with van der Waals surface area (Å²) in [6.07, 6.45) is 3.27. The van der Waals surface area contributed by atoms with Gasteiger partial charge in [-0.15, -0.1) is 0 Å². The van der Waals surface area contributed by atoms with Crippen molar-refractivity contribution >= 4 is 11.9 Å². The summed E-state index contributed by atoms with van der Waals surface area (Å²) in [6, 6.07) is 0.169. The second-order valence-electron chi connectivity index (χ2n) is 4.01. The molecular formula is C10H18N4O. The molecule has 0 spiro atoms. The fraction of sp³-hybridized carbons (Fsp3) is 0.600. The Bertz CT molecular complexity index is 332. The Hall–Kier alpha value is -1.52. The minimum absolute atomic E-state index is 0.0408. The Morgan fingerprint density at radius 2 is 2.27 bits per heavy atom. The second-order valence-corrected chi connectivity index (χ2v) is 4.01. The number of hydrogen-bond donors (Lipinski definition) is 2. The maximum absolute atomic E-state index is 11.6. The van der Waals surface area contributed by atoms with Gasteiger partial charge in [0.15, 0.2) is 0 Å². The Labute approximate surface area is 89.7 Å². The van der Waals surface area contributed by atoms with E-state index in [1.54, 1.807) is 17.0 Å². The van der Waals surface area contributed by atoms with Crippen molar-refractivity contribution in [1.29, 1.82) is 0 Å². The molecule has 0 saturated carbocycles. The van der Waals surface area contributed by atoms with E-state index in [1.165, 1.54) is 0 Å². The van der Waals surface area contributed by atoms with Crippen LogP contribution in [0.5, 0.6) is 0 Å². The van der Waals surface area contributed by atoms with Crippen molar-refractivity contribution in [1.82, 2.24) is 14.9 Å². The number of nitrogens with one attached hydrogen (secondary N) is 1. The van der Waals surface area contributed by atoms with Gasteiger partial charge < -0.3 is 15.6 Å². The lowest BCUT2D eigenvalue weighted by Crippen LogP contribution is -2.38. The van der Waals surface area contributed by atoms with Crippen LogP contribution in [-0.2, 0) is 11.3 Å². The molecule has 1 heterocycles. The lowest BCUT2D eigenvalue weighted by molar-refractivity contribution is -0.122. The summed E-state index contributed by atoms with van der Waals surface area (Å²) >= 11 is 0. The first-order chi connectivity index (χ1) is 7.00. The van der Waals surface area contributed by atoms with Gasteiger partial charge in [0.25, 0.3) is 0 Å². The third kappa shape index (κ3) is 3.27. The van der Waals surface area contributed by atoms with Crippen LogP contribution >= 0.6 is 0 Å². The van der Waals surface area contributed by atoms with Crippen molar-refractivity contribution in [2.45, 2.75) is 33.4 Å². The van der Waals surface area contributed by atoms with Gasteiger partial charge in [-0.3, -0.25) is 4.79 Å². The first-order valence-corrected chi connectivity index (χ1v) is 5.06. The number of imidazole rings is 1. The third-order valence-corrected chi connectivity index (χ3v) is 2.45. The van der Waals surface area contributed by atoms with Gasteiger partial charge in [-0.2, -0.15) is 0 Å². The molecule has 84 valence electrons. The maximum atomic E-state index is 11.6. The summed E-state index contributed by atoms with van der Waals surface area (Å²) in [7, 11) is 0. The average Bonchev–Trinajstić information content (AvgIpc) is 2.51. The highest BCUT2D eigenvalue weighted by Gasteiger charge is 2.11. The summed E-state index contributed by atoms with van der Waals surface area (Å²) in [5.41, 5.74) is 5.55. The van der Waals surface area contributed by atoms with Crippen molar-refractivity contribution in [2.24, 2.45) is 5.92 Å². The number of rotatable bonds is 4. The molecule has 1 amide bonds. The normalized spacial score (nSPS) is 12.8. The molecule has 0 aliphatic heterocycles. The number of anilines is 1. The van der Waals surface area contributed by atoms with E-state index < -0.39 is 0 Å². The second kappa shape index (κ2) is 4.82. The standard InChI is InChI=1S/C10H18N4O/c1-7(2)8(3)13-9(15)6-14-5-4-12-10(14)11/h4-5,7-8H,6H2,1-3H3,(H2,11,12)(H,13,15). The van der Waals surface area contributed by atoms with Gasteiger partial charge in [-0.25, -0.2) is 4.98 Å². The van der Waals surface area contributed by atoms with Crippen molar-refractivity contribution in [3.8, 4) is 0 Å². The van der Waals surface area contributed by atoms with Crippen molar-refractivity contribution in [3.05, 3.63) is 12.4 Å². The fourth-order valence-corrected chi connectivity index (χ4v) is 1.10. The molecule has 0 saturated heterocycles. The number of nitrogens with two attached hydrogens (primary N) is 1. The molecule has 1 aromatic heterocycles. The zero-order valence-corrected chi connectivity index (χ0v) is 9.40. The molecule has 0 aliphatic carbocycles. The van der Waals surface area contributed by atoms with Gasteiger partial charge in [-0.1, -0.05) is 13.8 Å². The number of hydrogen-bond acceptors (Lipinski definition) is 3. The van der Waals surface area contributed by atoms with Crippen molar-refractivity contribution in [2.75, 3.05) is 5.73 Å². The van der Waals surface area contributed by atoms with Crippen molar-refractivity contribution < 1.29 is 4.79 Å². The van der Waals surface area contributed by atoms with Crippen LogP contribution in [0, 0.1) is 5.92 Å². The first kappa shape index (κ1) is 11.6. The van der Waals surface area contributed by atoms with Crippen LogP contribution in [0.15, 0.2) is 12.4 Å². The molecule has 15 heavy (non-hydrogen) atoms. The average molecular weight is 210 g/mol. The van der Waals surface area contributed by atoms with Gasteiger partial charge in [0.05, 0.1) is 0 Å². The summed E-state index contributed by atoms with van der Waals surface area (Å²) < 4.78 is 1.61. The van der Waals surface area contributed by atoms with Gasteiger partial charge in [-0.05, 0) is 12.8 Å². The zero-order valence-electron chi connectivity index (χ0n) is 9.40. The molecule has 0 aromatic carbocycles. The lowest BCUT2D eigenvalue weighted by Gasteiger charge is -2.17. The van der Waals surface area contributed by atoms with E-state index >= 15 is 0 Å². The minimum atomic E-state index is -0.0408. The van der Waals surface area contributed by atoms with E-state index in [4.69, 9.17) is 5.73 Å². The molecule has 5 nitrogen and oxygen atoms in total. The highest BCUT2D eigenvalue weighted by molar-refractivity contribution is 5.76. The number of amides is 1.